The summed E-state index contributed by atoms with van der Waals surface area (Å²) in [5, 5.41) is 0. The first-order valence-corrected chi connectivity index (χ1v) is 11.4. The van der Waals surface area contributed by atoms with Crippen LogP contribution in [0.5, 0.6) is 0 Å². The average molecular weight is 405 g/mol. The fourth-order valence-electron chi connectivity index (χ4n) is 4.71. The van der Waals surface area contributed by atoms with E-state index in [-0.39, 0.29) is 5.91 Å². The normalized spacial score (nSPS) is 19.1. The van der Waals surface area contributed by atoms with Crippen LogP contribution in [-0.2, 0) is 16.0 Å². The predicted molar refractivity (Wildman–Crippen MR) is 120 cm³/mol. The van der Waals surface area contributed by atoms with Gasteiger partial charge in [0.2, 0.25) is 11.8 Å². The number of benzene rings is 2. The maximum absolute atomic E-state index is 12.9. The van der Waals surface area contributed by atoms with Crippen molar-refractivity contribution in [1.82, 2.24) is 9.80 Å². The van der Waals surface area contributed by atoms with Gasteiger partial charge in [0.25, 0.3) is 0 Å². The molecule has 4 heteroatoms. The minimum atomic E-state index is 0.207. The van der Waals surface area contributed by atoms with E-state index in [9.17, 15) is 9.59 Å². The second-order valence-electron chi connectivity index (χ2n) is 8.71. The van der Waals surface area contributed by atoms with E-state index in [1.165, 1.54) is 11.1 Å². The standard InChI is InChI=1S/C26H32N2O2/c29-25(27-16-4-5-17-27)15-12-22-7-6-18-28(20-22)26(30)19-21-10-13-24(14-11-21)23-8-2-1-3-9-23/h1-3,8-11,13-14,22H,4-7,12,15-20H2/t22-/m1/s1. The molecule has 0 unspecified atom stereocenters. The van der Waals surface area contributed by atoms with Crippen molar-refractivity contribution in [2.75, 3.05) is 26.2 Å². The molecular weight excluding hydrogens is 372 g/mol. The van der Waals surface area contributed by atoms with Gasteiger partial charge in [0, 0.05) is 32.6 Å². The zero-order valence-electron chi connectivity index (χ0n) is 17.8. The number of carbonyl (C=O) groups is 2. The molecule has 2 aliphatic rings. The third-order valence-electron chi connectivity index (χ3n) is 6.51. The number of hydrogen-bond donors (Lipinski definition) is 0. The first-order valence-electron chi connectivity index (χ1n) is 11.4. The third-order valence-corrected chi connectivity index (χ3v) is 6.51. The van der Waals surface area contributed by atoms with Crippen molar-refractivity contribution in [3.63, 3.8) is 0 Å². The van der Waals surface area contributed by atoms with Gasteiger partial charge in [-0.1, -0.05) is 54.6 Å². The second-order valence-corrected chi connectivity index (χ2v) is 8.71. The van der Waals surface area contributed by atoms with Gasteiger partial charge in [-0.25, -0.2) is 0 Å². The summed E-state index contributed by atoms with van der Waals surface area (Å²) < 4.78 is 0. The van der Waals surface area contributed by atoms with Crippen molar-refractivity contribution in [3.05, 3.63) is 60.2 Å². The number of nitrogens with zero attached hydrogens (tertiary/aromatic N) is 2. The summed E-state index contributed by atoms with van der Waals surface area (Å²) in [5.41, 5.74) is 3.43. The predicted octanol–water partition coefficient (Wildman–Crippen LogP) is 4.54. The molecule has 2 aliphatic heterocycles. The van der Waals surface area contributed by atoms with Crippen LogP contribution < -0.4 is 0 Å². The van der Waals surface area contributed by atoms with Gasteiger partial charge < -0.3 is 9.80 Å². The highest BCUT2D eigenvalue weighted by Crippen LogP contribution is 2.24. The molecule has 2 heterocycles. The minimum absolute atomic E-state index is 0.207. The Kier molecular flexibility index (Phi) is 6.83. The smallest absolute Gasteiger partial charge is 0.226 e. The molecule has 0 spiro atoms. The van der Waals surface area contributed by atoms with Gasteiger partial charge in [0.1, 0.15) is 0 Å². The van der Waals surface area contributed by atoms with E-state index in [0.717, 1.165) is 63.8 Å². The summed E-state index contributed by atoms with van der Waals surface area (Å²) in [6, 6.07) is 18.6. The van der Waals surface area contributed by atoms with Crippen molar-refractivity contribution >= 4 is 11.8 Å². The highest BCUT2D eigenvalue weighted by atomic mass is 16.2. The fraction of sp³-hybridized carbons (Fsp3) is 0.462. The molecule has 0 N–H and O–H groups in total. The molecule has 4 rings (SSSR count). The lowest BCUT2D eigenvalue weighted by atomic mass is 9.92. The molecule has 4 nitrogen and oxygen atoms in total. The maximum atomic E-state index is 12.9. The van der Waals surface area contributed by atoms with Gasteiger partial charge in [-0.05, 0) is 54.7 Å². The monoisotopic (exact) mass is 404 g/mol. The molecule has 1 atom stereocenters. The molecule has 0 saturated carbocycles. The summed E-state index contributed by atoms with van der Waals surface area (Å²) in [5.74, 6) is 0.960. The quantitative estimate of drug-likeness (QED) is 0.709. The lowest BCUT2D eigenvalue weighted by Crippen LogP contribution is -2.41. The van der Waals surface area contributed by atoms with Crippen molar-refractivity contribution < 1.29 is 9.59 Å². The molecule has 158 valence electrons. The van der Waals surface area contributed by atoms with E-state index in [1.807, 2.05) is 28.0 Å². The van der Waals surface area contributed by atoms with E-state index in [2.05, 4.69) is 36.4 Å². The van der Waals surface area contributed by atoms with Crippen LogP contribution in [0.15, 0.2) is 54.6 Å². The van der Waals surface area contributed by atoms with Crippen molar-refractivity contribution in [2.24, 2.45) is 5.92 Å². The largest absolute Gasteiger partial charge is 0.343 e. The molecule has 0 bridgehead atoms. The van der Waals surface area contributed by atoms with Crippen LogP contribution in [-0.4, -0.2) is 47.8 Å². The Hall–Kier alpha value is -2.62. The van der Waals surface area contributed by atoms with Gasteiger partial charge in [-0.15, -0.1) is 0 Å². The molecule has 0 radical (unpaired) electrons. The maximum Gasteiger partial charge on any atom is 0.226 e. The zero-order chi connectivity index (χ0) is 20.8. The number of amides is 2. The Balaban J connectivity index is 1.27. The van der Waals surface area contributed by atoms with E-state index in [0.29, 0.717) is 24.7 Å². The number of hydrogen-bond acceptors (Lipinski definition) is 2. The SMILES string of the molecule is O=C(CC[C@H]1CCCN(C(=O)Cc2ccc(-c3ccccc3)cc2)C1)N1CCCC1. The van der Waals surface area contributed by atoms with Crippen molar-refractivity contribution in [2.45, 2.75) is 44.9 Å². The van der Waals surface area contributed by atoms with E-state index < -0.39 is 0 Å². The lowest BCUT2D eigenvalue weighted by molar-refractivity contribution is -0.132. The number of carbonyl (C=O) groups excluding carboxylic acids is 2. The molecule has 30 heavy (non-hydrogen) atoms. The molecule has 2 aromatic rings. The number of rotatable bonds is 6. The van der Waals surface area contributed by atoms with E-state index >= 15 is 0 Å². The molecule has 0 aliphatic carbocycles. The third kappa shape index (κ3) is 5.29. The zero-order valence-corrected chi connectivity index (χ0v) is 17.8. The average Bonchev–Trinajstić information content (AvgIpc) is 3.34. The molecular formula is C26H32N2O2. The van der Waals surface area contributed by atoms with Crippen LogP contribution >= 0.6 is 0 Å². The molecule has 2 aromatic carbocycles. The van der Waals surface area contributed by atoms with Crippen LogP contribution in [0.25, 0.3) is 11.1 Å². The highest BCUT2D eigenvalue weighted by molar-refractivity contribution is 5.79. The summed E-state index contributed by atoms with van der Waals surface area (Å²) in [6.45, 7) is 3.50. The molecule has 0 aromatic heterocycles. The first kappa shape index (κ1) is 20.6. The number of piperidine rings is 1. The summed E-state index contributed by atoms with van der Waals surface area (Å²) in [7, 11) is 0. The molecule has 2 fully saturated rings. The summed E-state index contributed by atoms with van der Waals surface area (Å²) >= 11 is 0. The van der Waals surface area contributed by atoms with Gasteiger partial charge in [0.05, 0.1) is 6.42 Å². The summed E-state index contributed by atoms with van der Waals surface area (Å²) in [4.78, 5) is 29.2. The Morgan fingerprint density at radius 3 is 2.17 bits per heavy atom. The number of likely N-dealkylation sites (tertiary alicyclic amines) is 2. The van der Waals surface area contributed by atoms with Gasteiger partial charge in [0.15, 0.2) is 0 Å². The molecule has 2 saturated heterocycles. The highest BCUT2D eigenvalue weighted by Gasteiger charge is 2.25. The van der Waals surface area contributed by atoms with Crippen LogP contribution in [0, 0.1) is 5.92 Å². The molecule has 2 amide bonds. The van der Waals surface area contributed by atoms with Crippen molar-refractivity contribution in [1.29, 1.82) is 0 Å². The van der Waals surface area contributed by atoms with Crippen LogP contribution in [0.2, 0.25) is 0 Å². The topological polar surface area (TPSA) is 40.6 Å². The van der Waals surface area contributed by atoms with Crippen LogP contribution in [0.3, 0.4) is 0 Å². The lowest BCUT2D eigenvalue weighted by Gasteiger charge is -2.33. The minimum Gasteiger partial charge on any atom is -0.343 e. The Labute approximate surface area is 179 Å². The Morgan fingerprint density at radius 2 is 1.43 bits per heavy atom. The first-order chi connectivity index (χ1) is 14.7. The van der Waals surface area contributed by atoms with Crippen LogP contribution in [0.4, 0.5) is 0 Å². The van der Waals surface area contributed by atoms with Gasteiger partial charge in [-0.3, -0.25) is 9.59 Å². The Bertz CT molecular complexity index is 841. The fourth-order valence-corrected chi connectivity index (χ4v) is 4.71. The van der Waals surface area contributed by atoms with E-state index in [1.54, 1.807) is 0 Å². The Morgan fingerprint density at radius 1 is 0.767 bits per heavy atom. The summed E-state index contributed by atoms with van der Waals surface area (Å²) in [6.07, 6.45) is 6.45. The van der Waals surface area contributed by atoms with Crippen molar-refractivity contribution in [3.8, 4) is 11.1 Å². The second kappa shape index (κ2) is 9.92. The van der Waals surface area contributed by atoms with Crippen LogP contribution in [0.1, 0.15) is 44.1 Å². The van der Waals surface area contributed by atoms with E-state index in [4.69, 9.17) is 0 Å². The van der Waals surface area contributed by atoms with Gasteiger partial charge in [-0.2, -0.15) is 0 Å². The van der Waals surface area contributed by atoms with Gasteiger partial charge >= 0.3 is 0 Å².